The van der Waals surface area contributed by atoms with E-state index in [2.05, 4.69) is 5.32 Å². The Morgan fingerprint density at radius 2 is 1.67 bits per heavy atom. The standard InChI is InChI=1S/C20H26N2O4S/c1-13-7-9-15(3)17(11-13)21-20(23)16(4)22(27(6,24)25)18-12-14(2)8-10-19(18)26-5/h7-12,16H,1-6H3,(H,21,23). The second kappa shape index (κ2) is 8.00. The molecule has 2 aromatic rings. The van der Waals surface area contributed by atoms with E-state index < -0.39 is 22.0 Å². The second-order valence-electron chi connectivity index (χ2n) is 6.72. The van der Waals surface area contributed by atoms with Crippen LogP contribution in [0.1, 0.15) is 23.6 Å². The smallest absolute Gasteiger partial charge is 0.248 e. The highest BCUT2D eigenvalue weighted by atomic mass is 32.2. The summed E-state index contributed by atoms with van der Waals surface area (Å²) in [6.45, 7) is 7.23. The number of rotatable bonds is 6. The summed E-state index contributed by atoms with van der Waals surface area (Å²) in [5.74, 6) is -0.0323. The van der Waals surface area contributed by atoms with Gasteiger partial charge >= 0.3 is 0 Å². The molecule has 0 saturated carbocycles. The van der Waals surface area contributed by atoms with Crippen LogP contribution in [0.4, 0.5) is 11.4 Å². The maximum Gasteiger partial charge on any atom is 0.248 e. The average Bonchev–Trinajstić information content (AvgIpc) is 2.57. The number of anilines is 2. The van der Waals surface area contributed by atoms with Crippen molar-refractivity contribution in [2.75, 3.05) is 23.0 Å². The van der Waals surface area contributed by atoms with Crippen LogP contribution in [-0.4, -0.2) is 33.7 Å². The van der Waals surface area contributed by atoms with E-state index >= 15 is 0 Å². The lowest BCUT2D eigenvalue weighted by Gasteiger charge is -2.29. The number of hydrogen-bond donors (Lipinski definition) is 1. The third-order valence-electron chi connectivity index (χ3n) is 4.31. The predicted octanol–water partition coefficient (Wildman–Crippen LogP) is 3.41. The topological polar surface area (TPSA) is 75.7 Å². The highest BCUT2D eigenvalue weighted by molar-refractivity contribution is 7.92. The molecule has 146 valence electrons. The van der Waals surface area contributed by atoms with Crippen molar-refractivity contribution < 1.29 is 17.9 Å². The predicted molar refractivity (Wildman–Crippen MR) is 109 cm³/mol. The largest absolute Gasteiger partial charge is 0.495 e. The zero-order valence-corrected chi connectivity index (χ0v) is 17.3. The van der Waals surface area contributed by atoms with E-state index in [1.54, 1.807) is 19.1 Å². The monoisotopic (exact) mass is 390 g/mol. The van der Waals surface area contributed by atoms with Crippen LogP contribution in [0, 0.1) is 20.8 Å². The third kappa shape index (κ3) is 4.80. The van der Waals surface area contributed by atoms with Gasteiger partial charge in [0.1, 0.15) is 11.8 Å². The Hall–Kier alpha value is -2.54. The first-order chi connectivity index (χ1) is 12.5. The van der Waals surface area contributed by atoms with E-state index in [9.17, 15) is 13.2 Å². The molecule has 0 aliphatic heterocycles. The molecule has 0 bridgehead atoms. The zero-order chi connectivity index (χ0) is 20.4. The highest BCUT2D eigenvalue weighted by Gasteiger charge is 2.31. The first-order valence-electron chi connectivity index (χ1n) is 8.56. The van der Waals surface area contributed by atoms with Crippen LogP contribution in [0.3, 0.4) is 0 Å². The highest BCUT2D eigenvalue weighted by Crippen LogP contribution is 2.33. The summed E-state index contributed by atoms with van der Waals surface area (Å²) in [5, 5.41) is 2.84. The lowest BCUT2D eigenvalue weighted by Crippen LogP contribution is -2.45. The SMILES string of the molecule is COc1ccc(C)cc1N(C(C)C(=O)Nc1cc(C)ccc1C)S(C)(=O)=O. The minimum Gasteiger partial charge on any atom is -0.495 e. The molecule has 0 spiro atoms. The molecule has 2 rings (SSSR count). The molecule has 1 N–H and O–H groups in total. The minimum absolute atomic E-state index is 0.337. The third-order valence-corrected chi connectivity index (χ3v) is 5.54. The molecule has 7 heteroatoms. The Balaban J connectivity index is 2.44. The van der Waals surface area contributed by atoms with Crippen molar-refractivity contribution in [3.8, 4) is 5.75 Å². The summed E-state index contributed by atoms with van der Waals surface area (Å²) < 4.78 is 31.5. The number of ether oxygens (including phenoxy) is 1. The van der Waals surface area contributed by atoms with Crippen molar-refractivity contribution in [2.24, 2.45) is 0 Å². The fourth-order valence-electron chi connectivity index (χ4n) is 2.86. The van der Waals surface area contributed by atoms with Gasteiger partial charge in [-0.25, -0.2) is 8.42 Å². The van der Waals surface area contributed by atoms with Gasteiger partial charge in [0.2, 0.25) is 15.9 Å². The first kappa shape index (κ1) is 20.8. The zero-order valence-electron chi connectivity index (χ0n) is 16.5. The lowest BCUT2D eigenvalue weighted by atomic mass is 10.1. The van der Waals surface area contributed by atoms with Gasteiger partial charge in [-0.2, -0.15) is 0 Å². The van der Waals surface area contributed by atoms with Crippen LogP contribution in [0.5, 0.6) is 5.75 Å². The van der Waals surface area contributed by atoms with Crippen molar-refractivity contribution in [1.29, 1.82) is 0 Å². The van der Waals surface area contributed by atoms with E-state index in [4.69, 9.17) is 4.74 Å². The number of amides is 1. The number of carbonyl (C=O) groups is 1. The number of benzene rings is 2. The van der Waals surface area contributed by atoms with E-state index in [0.29, 0.717) is 17.1 Å². The molecule has 0 aliphatic carbocycles. The van der Waals surface area contributed by atoms with Crippen LogP contribution in [-0.2, 0) is 14.8 Å². The fraction of sp³-hybridized carbons (Fsp3) is 0.350. The maximum atomic E-state index is 12.9. The summed E-state index contributed by atoms with van der Waals surface area (Å²) in [4.78, 5) is 12.9. The summed E-state index contributed by atoms with van der Waals surface area (Å²) >= 11 is 0. The molecule has 0 fully saturated rings. The molecule has 0 aliphatic rings. The number of carbonyl (C=O) groups excluding carboxylic acids is 1. The molecule has 27 heavy (non-hydrogen) atoms. The van der Waals surface area contributed by atoms with Crippen molar-refractivity contribution >= 4 is 27.3 Å². The van der Waals surface area contributed by atoms with Gasteiger partial charge in [0.15, 0.2) is 0 Å². The van der Waals surface area contributed by atoms with E-state index in [-0.39, 0.29) is 0 Å². The number of aryl methyl sites for hydroxylation is 3. The van der Waals surface area contributed by atoms with Gasteiger partial charge in [0.25, 0.3) is 0 Å². The Morgan fingerprint density at radius 1 is 1.07 bits per heavy atom. The van der Waals surface area contributed by atoms with Crippen molar-refractivity contribution in [3.05, 3.63) is 53.1 Å². The van der Waals surface area contributed by atoms with Crippen LogP contribution in [0.25, 0.3) is 0 Å². The maximum absolute atomic E-state index is 12.9. The molecule has 0 radical (unpaired) electrons. The van der Waals surface area contributed by atoms with Gasteiger partial charge in [-0.1, -0.05) is 18.2 Å². The van der Waals surface area contributed by atoms with Gasteiger partial charge in [0.05, 0.1) is 19.1 Å². The average molecular weight is 391 g/mol. The molecule has 6 nitrogen and oxygen atoms in total. The Morgan fingerprint density at radius 3 is 2.26 bits per heavy atom. The van der Waals surface area contributed by atoms with Crippen LogP contribution < -0.4 is 14.4 Å². The van der Waals surface area contributed by atoms with Crippen molar-refractivity contribution in [3.63, 3.8) is 0 Å². The number of nitrogens with one attached hydrogen (secondary N) is 1. The fourth-order valence-corrected chi connectivity index (χ4v) is 4.03. The van der Waals surface area contributed by atoms with E-state index in [0.717, 1.165) is 27.3 Å². The number of hydrogen-bond acceptors (Lipinski definition) is 4. The van der Waals surface area contributed by atoms with Crippen LogP contribution >= 0.6 is 0 Å². The summed E-state index contributed by atoms with van der Waals surface area (Å²) in [7, 11) is -2.26. The molecule has 0 aromatic heterocycles. The Labute approximate surface area is 161 Å². The van der Waals surface area contributed by atoms with Crippen LogP contribution in [0.15, 0.2) is 36.4 Å². The molecular weight excluding hydrogens is 364 g/mol. The molecule has 1 unspecified atom stereocenters. The molecule has 2 aromatic carbocycles. The van der Waals surface area contributed by atoms with Crippen molar-refractivity contribution in [1.82, 2.24) is 0 Å². The molecule has 1 atom stereocenters. The normalized spacial score (nSPS) is 12.4. The summed E-state index contributed by atoms with van der Waals surface area (Å²) in [6.07, 6.45) is 1.08. The van der Waals surface area contributed by atoms with Gasteiger partial charge in [0, 0.05) is 5.69 Å². The Bertz CT molecular complexity index is 954. The number of sulfonamides is 1. The summed E-state index contributed by atoms with van der Waals surface area (Å²) in [5.41, 5.74) is 3.77. The minimum atomic E-state index is -3.73. The van der Waals surface area contributed by atoms with Gasteiger partial charge in [-0.05, 0) is 62.6 Å². The van der Waals surface area contributed by atoms with Gasteiger partial charge in [-0.15, -0.1) is 0 Å². The molecular formula is C20H26N2O4S. The van der Waals surface area contributed by atoms with Crippen molar-refractivity contribution in [2.45, 2.75) is 33.7 Å². The Kier molecular flexibility index (Phi) is 6.15. The molecule has 0 saturated heterocycles. The molecule has 0 heterocycles. The van der Waals surface area contributed by atoms with E-state index in [1.165, 1.54) is 7.11 Å². The number of methoxy groups -OCH3 is 1. The van der Waals surface area contributed by atoms with Gasteiger partial charge in [-0.3, -0.25) is 9.10 Å². The summed E-state index contributed by atoms with van der Waals surface area (Å²) in [6, 6.07) is 9.97. The first-order valence-corrected chi connectivity index (χ1v) is 10.4. The lowest BCUT2D eigenvalue weighted by molar-refractivity contribution is -0.116. The second-order valence-corrected chi connectivity index (χ2v) is 8.58. The van der Waals surface area contributed by atoms with Crippen LogP contribution in [0.2, 0.25) is 0 Å². The molecule has 1 amide bonds. The number of nitrogens with zero attached hydrogens (tertiary/aromatic N) is 1. The quantitative estimate of drug-likeness (QED) is 0.820. The van der Waals surface area contributed by atoms with Gasteiger partial charge < -0.3 is 10.1 Å². The van der Waals surface area contributed by atoms with E-state index in [1.807, 2.05) is 45.0 Å².